The van der Waals surface area contributed by atoms with Crippen molar-refractivity contribution >= 4 is 5.97 Å². The molecule has 0 amide bonds. The highest BCUT2D eigenvalue weighted by Gasteiger charge is 2.30. The van der Waals surface area contributed by atoms with Crippen LogP contribution in [0.5, 0.6) is 0 Å². The molecule has 1 saturated carbocycles. The number of aryl methyl sites for hydroxylation is 1. The Balaban J connectivity index is 1.96. The van der Waals surface area contributed by atoms with E-state index < -0.39 is 0 Å². The molecule has 0 radical (unpaired) electrons. The minimum Gasteiger partial charge on any atom is -0.465 e. The van der Waals surface area contributed by atoms with Crippen LogP contribution in [0.1, 0.15) is 31.2 Å². The van der Waals surface area contributed by atoms with Gasteiger partial charge in [0.2, 0.25) is 0 Å². The third-order valence-electron chi connectivity index (χ3n) is 3.01. The lowest BCUT2D eigenvalue weighted by molar-refractivity contribution is -0.144. The fourth-order valence-electron chi connectivity index (χ4n) is 2.02. The lowest BCUT2D eigenvalue weighted by Gasteiger charge is -2.20. The molecule has 4 heteroatoms. The van der Waals surface area contributed by atoms with Crippen molar-refractivity contribution in [2.45, 2.75) is 39.3 Å². The molecular formula is C14H20N2O2. The number of rotatable bonds is 6. The van der Waals surface area contributed by atoms with Crippen LogP contribution in [0.25, 0.3) is 0 Å². The first-order valence-corrected chi connectivity index (χ1v) is 6.51. The number of nitrogens with zero attached hydrogens (tertiary/aromatic N) is 2. The molecule has 4 nitrogen and oxygen atoms in total. The van der Waals surface area contributed by atoms with Crippen LogP contribution in [0.15, 0.2) is 18.2 Å². The van der Waals surface area contributed by atoms with E-state index in [9.17, 15) is 4.79 Å². The van der Waals surface area contributed by atoms with E-state index in [2.05, 4.69) is 9.88 Å². The molecule has 98 valence electrons. The van der Waals surface area contributed by atoms with Crippen molar-refractivity contribution in [2.75, 3.05) is 13.2 Å². The summed E-state index contributed by atoms with van der Waals surface area (Å²) in [7, 11) is 0. The van der Waals surface area contributed by atoms with Gasteiger partial charge in [-0.1, -0.05) is 6.07 Å². The number of aromatic nitrogens is 1. The molecule has 2 rings (SSSR count). The second-order valence-electron chi connectivity index (χ2n) is 4.71. The molecule has 0 saturated heterocycles. The SMILES string of the molecule is CCOC(=O)CN(Cc1cccc(C)n1)C1CC1. The monoisotopic (exact) mass is 248 g/mol. The van der Waals surface area contributed by atoms with Gasteiger partial charge in [-0.3, -0.25) is 14.7 Å². The van der Waals surface area contributed by atoms with Crippen LogP contribution < -0.4 is 0 Å². The molecule has 0 unspecified atom stereocenters. The highest BCUT2D eigenvalue weighted by atomic mass is 16.5. The maximum atomic E-state index is 11.6. The number of hydrogen-bond acceptors (Lipinski definition) is 4. The Hall–Kier alpha value is -1.42. The van der Waals surface area contributed by atoms with Crippen LogP contribution in [0, 0.1) is 6.92 Å². The van der Waals surface area contributed by atoms with Gasteiger partial charge >= 0.3 is 5.97 Å². The normalized spacial score (nSPS) is 14.8. The molecule has 1 aliphatic carbocycles. The molecule has 0 N–H and O–H groups in total. The highest BCUT2D eigenvalue weighted by molar-refractivity contribution is 5.71. The molecule has 0 atom stereocenters. The van der Waals surface area contributed by atoms with E-state index in [1.807, 2.05) is 32.0 Å². The summed E-state index contributed by atoms with van der Waals surface area (Å²) in [6, 6.07) is 6.52. The molecular weight excluding hydrogens is 228 g/mol. The van der Waals surface area contributed by atoms with Crippen molar-refractivity contribution in [3.63, 3.8) is 0 Å². The molecule has 1 aromatic rings. The quantitative estimate of drug-likeness (QED) is 0.721. The van der Waals surface area contributed by atoms with E-state index in [1.54, 1.807) is 0 Å². The highest BCUT2D eigenvalue weighted by Crippen LogP contribution is 2.27. The molecule has 1 fully saturated rings. The average molecular weight is 248 g/mol. The van der Waals surface area contributed by atoms with Crippen molar-refractivity contribution in [1.82, 2.24) is 9.88 Å². The number of esters is 1. The van der Waals surface area contributed by atoms with Gasteiger partial charge in [-0.15, -0.1) is 0 Å². The van der Waals surface area contributed by atoms with E-state index >= 15 is 0 Å². The van der Waals surface area contributed by atoms with Gasteiger partial charge in [-0.25, -0.2) is 0 Å². The standard InChI is InChI=1S/C14H20N2O2/c1-3-18-14(17)10-16(13-7-8-13)9-12-6-4-5-11(2)15-12/h4-6,13H,3,7-10H2,1-2H3. The van der Waals surface area contributed by atoms with Gasteiger partial charge in [0, 0.05) is 18.3 Å². The van der Waals surface area contributed by atoms with E-state index in [0.717, 1.165) is 17.9 Å². The molecule has 1 aromatic heterocycles. The Bertz CT molecular complexity index is 416. The van der Waals surface area contributed by atoms with Gasteiger partial charge in [0.1, 0.15) is 0 Å². The third-order valence-corrected chi connectivity index (χ3v) is 3.01. The summed E-state index contributed by atoms with van der Waals surface area (Å²) in [6.07, 6.45) is 2.34. The van der Waals surface area contributed by atoms with Gasteiger partial charge in [0.15, 0.2) is 0 Å². The van der Waals surface area contributed by atoms with E-state index in [1.165, 1.54) is 12.8 Å². The molecule has 1 heterocycles. The molecule has 18 heavy (non-hydrogen) atoms. The van der Waals surface area contributed by atoms with Crippen LogP contribution in [0.4, 0.5) is 0 Å². The van der Waals surface area contributed by atoms with Gasteiger partial charge in [-0.05, 0) is 38.8 Å². The minimum atomic E-state index is -0.142. The maximum Gasteiger partial charge on any atom is 0.320 e. The summed E-state index contributed by atoms with van der Waals surface area (Å²) in [5.41, 5.74) is 2.03. The lowest BCUT2D eigenvalue weighted by Crippen LogP contribution is -2.32. The first-order chi connectivity index (χ1) is 8.69. The zero-order valence-electron chi connectivity index (χ0n) is 11.1. The molecule has 0 spiro atoms. The summed E-state index contributed by atoms with van der Waals surface area (Å²) in [5, 5.41) is 0. The fraction of sp³-hybridized carbons (Fsp3) is 0.571. The number of carbonyl (C=O) groups is 1. The van der Waals surface area contributed by atoms with Crippen molar-refractivity contribution in [2.24, 2.45) is 0 Å². The summed E-state index contributed by atoms with van der Waals surface area (Å²) in [4.78, 5) is 18.2. The maximum absolute atomic E-state index is 11.6. The van der Waals surface area contributed by atoms with Crippen molar-refractivity contribution in [3.05, 3.63) is 29.6 Å². The van der Waals surface area contributed by atoms with E-state index in [-0.39, 0.29) is 5.97 Å². The Morgan fingerprint density at radius 2 is 2.28 bits per heavy atom. The van der Waals surface area contributed by atoms with Crippen LogP contribution in [0.3, 0.4) is 0 Å². The van der Waals surface area contributed by atoms with E-state index in [4.69, 9.17) is 4.74 Å². The zero-order chi connectivity index (χ0) is 13.0. The molecule has 0 aliphatic heterocycles. The zero-order valence-corrected chi connectivity index (χ0v) is 11.1. The van der Waals surface area contributed by atoms with E-state index in [0.29, 0.717) is 19.2 Å². The number of pyridine rings is 1. The third kappa shape index (κ3) is 3.81. The number of ether oxygens (including phenoxy) is 1. The number of carbonyl (C=O) groups excluding carboxylic acids is 1. The largest absolute Gasteiger partial charge is 0.465 e. The van der Waals surface area contributed by atoms with Crippen LogP contribution in [0.2, 0.25) is 0 Å². The van der Waals surface area contributed by atoms with Crippen LogP contribution in [-0.4, -0.2) is 35.0 Å². The predicted octanol–water partition coefficient (Wildman–Crippen LogP) is 1.92. The first-order valence-electron chi connectivity index (χ1n) is 6.51. The average Bonchev–Trinajstić information content (AvgIpc) is 3.12. The van der Waals surface area contributed by atoms with Gasteiger partial charge < -0.3 is 4.74 Å². The Morgan fingerprint density at radius 3 is 2.89 bits per heavy atom. The van der Waals surface area contributed by atoms with Crippen LogP contribution >= 0.6 is 0 Å². The summed E-state index contributed by atoms with van der Waals surface area (Å²) < 4.78 is 5.01. The van der Waals surface area contributed by atoms with Crippen molar-refractivity contribution in [3.8, 4) is 0 Å². The Kier molecular flexibility index (Phi) is 4.31. The van der Waals surface area contributed by atoms with Crippen molar-refractivity contribution < 1.29 is 9.53 Å². The van der Waals surface area contributed by atoms with Gasteiger partial charge in [-0.2, -0.15) is 0 Å². The fourth-order valence-corrected chi connectivity index (χ4v) is 2.02. The number of hydrogen-bond donors (Lipinski definition) is 0. The Labute approximate surface area is 108 Å². The first kappa shape index (κ1) is 13.0. The minimum absolute atomic E-state index is 0.142. The topological polar surface area (TPSA) is 42.4 Å². The van der Waals surface area contributed by atoms with Crippen LogP contribution in [-0.2, 0) is 16.1 Å². The molecule has 0 bridgehead atoms. The van der Waals surface area contributed by atoms with Crippen molar-refractivity contribution in [1.29, 1.82) is 0 Å². The summed E-state index contributed by atoms with van der Waals surface area (Å²) in [5.74, 6) is -0.142. The lowest BCUT2D eigenvalue weighted by atomic mass is 10.3. The summed E-state index contributed by atoms with van der Waals surface area (Å²) >= 11 is 0. The Morgan fingerprint density at radius 1 is 1.50 bits per heavy atom. The predicted molar refractivity (Wildman–Crippen MR) is 69.0 cm³/mol. The summed E-state index contributed by atoms with van der Waals surface area (Å²) in [6.45, 7) is 5.36. The van der Waals surface area contributed by atoms with Gasteiger partial charge in [0.05, 0.1) is 18.8 Å². The molecule has 1 aliphatic rings. The second kappa shape index (κ2) is 5.96. The van der Waals surface area contributed by atoms with Gasteiger partial charge in [0.25, 0.3) is 0 Å². The molecule has 0 aromatic carbocycles. The second-order valence-corrected chi connectivity index (χ2v) is 4.71. The smallest absolute Gasteiger partial charge is 0.320 e.